The van der Waals surface area contributed by atoms with E-state index in [2.05, 4.69) is 24.1 Å². The Balaban J connectivity index is 0.00000220. The zero-order valence-corrected chi connectivity index (χ0v) is 15.3. The summed E-state index contributed by atoms with van der Waals surface area (Å²) in [5.41, 5.74) is 5.97. The van der Waals surface area contributed by atoms with Gasteiger partial charge in [0.25, 0.3) is 0 Å². The highest BCUT2D eigenvalue weighted by Gasteiger charge is 2.28. The molecule has 0 radical (unpaired) electrons. The Kier molecular flexibility index (Phi) is 10.6. The molecule has 1 heterocycles. The van der Waals surface area contributed by atoms with Crippen molar-refractivity contribution in [1.29, 1.82) is 0 Å². The first-order valence-electron chi connectivity index (χ1n) is 7.95. The van der Waals surface area contributed by atoms with E-state index < -0.39 is 0 Å². The van der Waals surface area contributed by atoms with E-state index in [1.54, 1.807) is 0 Å². The van der Waals surface area contributed by atoms with Gasteiger partial charge in [0.05, 0.1) is 13.2 Å². The van der Waals surface area contributed by atoms with Crippen molar-refractivity contribution >= 4 is 30.7 Å². The number of ether oxygens (including phenoxy) is 1. The topological polar surface area (TPSA) is 67.6 Å². The normalized spacial score (nSPS) is 28.7. The Morgan fingerprint density at radius 3 is 2.45 bits per heavy atom. The van der Waals surface area contributed by atoms with Gasteiger partial charge in [-0.1, -0.05) is 6.42 Å². The van der Waals surface area contributed by atoms with Gasteiger partial charge in [0.15, 0.2) is 0 Å². The molecule has 1 saturated carbocycles. The lowest BCUT2D eigenvalue weighted by molar-refractivity contribution is -0.127. The van der Waals surface area contributed by atoms with E-state index in [9.17, 15) is 4.79 Å². The molecular weight excluding hydrogens is 325 g/mol. The second-order valence-corrected chi connectivity index (χ2v) is 6.31. The van der Waals surface area contributed by atoms with Crippen LogP contribution in [0.3, 0.4) is 0 Å². The molecule has 4 atom stereocenters. The fraction of sp³-hybridized carbons (Fsp3) is 0.933. The lowest BCUT2D eigenvalue weighted by Crippen LogP contribution is -2.53. The predicted octanol–water partition coefficient (Wildman–Crippen LogP) is 1.57. The lowest BCUT2D eigenvalue weighted by Gasteiger charge is -2.36. The summed E-state index contributed by atoms with van der Waals surface area (Å²) in [5.74, 6) is 0.297. The van der Waals surface area contributed by atoms with E-state index in [1.807, 2.05) is 0 Å². The third kappa shape index (κ3) is 6.20. The van der Waals surface area contributed by atoms with Crippen molar-refractivity contribution in [2.75, 3.05) is 26.3 Å². The molecule has 2 rings (SSSR count). The fourth-order valence-electron chi connectivity index (χ4n) is 3.23. The Morgan fingerprint density at radius 2 is 1.86 bits per heavy atom. The van der Waals surface area contributed by atoms with Crippen LogP contribution in [0, 0.1) is 5.92 Å². The van der Waals surface area contributed by atoms with Crippen LogP contribution in [0.1, 0.15) is 39.5 Å². The maximum absolute atomic E-state index is 12.3. The Hall–Kier alpha value is -0.0700. The lowest BCUT2D eigenvalue weighted by atomic mass is 9.85. The zero-order chi connectivity index (χ0) is 14.5. The molecule has 3 N–H and O–H groups in total. The van der Waals surface area contributed by atoms with Crippen molar-refractivity contribution in [2.24, 2.45) is 11.7 Å². The van der Waals surface area contributed by atoms with E-state index >= 15 is 0 Å². The maximum Gasteiger partial charge on any atom is 0.223 e. The number of rotatable bonds is 4. The van der Waals surface area contributed by atoms with Crippen LogP contribution >= 0.6 is 24.8 Å². The van der Waals surface area contributed by atoms with Gasteiger partial charge >= 0.3 is 0 Å². The molecule has 22 heavy (non-hydrogen) atoms. The van der Waals surface area contributed by atoms with Crippen molar-refractivity contribution in [3.63, 3.8) is 0 Å². The summed E-state index contributed by atoms with van der Waals surface area (Å²) < 4.78 is 5.37. The number of carbonyl (C=O) groups is 1. The van der Waals surface area contributed by atoms with Gasteiger partial charge in [0, 0.05) is 37.1 Å². The van der Waals surface area contributed by atoms with Gasteiger partial charge in [0.1, 0.15) is 0 Å². The first kappa shape index (κ1) is 21.9. The number of morpholine rings is 1. The van der Waals surface area contributed by atoms with Crippen molar-refractivity contribution < 1.29 is 9.53 Å². The monoisotopic (exact) mass is 355 g/mol. The van der Waals surface area contributed by atoms with Gasteiger partial charge in [-0.25, -0.2) is 0 Å². The van der Waals surface area contributed by atoms with Gasteiger partial charge in [-0.15, -0.1) is 24.8 Å². The van der Waals surface area contributed by atoms with E-state index in [-0.39, 0.29) is 48.7 Å². The van der Waals surface area contributed by atoms with Crippen LogP contribution in [-0.2, 0) is 9.53 Å². The summed E-state index contributed by atoms with van der Waals surface area (Å²) in [6.45, 7) is 7.78. The highest BCUT2D eigenvalue weighted by atomic mass is 35.5. The van der Waals surface area contributed by atoms with Crippen LogP contribution in [0.15, 0.2) is 0 Å². The van der Waals surface area contributed by atoms with Crippen LogP contribution in [0.5, 0.6) is 0 Å². The van der Waals surface area contributed by atoms with E-state index in [0.29, 0.717) is 6.04 Å². The summed E-state index contributed by atoms with van der Waals surface area (Å²) in [4.78, 5) is 14.7. The summed E-state index contributed by atoms with van der Waals surface area (Å²) in [5, 5.41) is 3.19. The molecule has 2 fully saturated rings. The van der Waals surface area contributed by atoms with Gasteiger partial charge in [-0.05, 0) is 33.1 Å². The molecule has 0 bridgehead atoms. The quantitative estimate of drug-likeness (QED) is 0.803. The second-order valence-electron chi connectivity index (χ2n) is 6.31. The van der Waals surface area contributed by atoms with Crippen molar-refractivity contribution in [3.8, 4) is 0 Å². The Morgan fingerprint density at radius 1 is 1.23 bits per heavy atom. The number of nitrogens with two attached hydrogens (primary N) is 1. The van der Waals surface area contributed by atoms with Gasteiger partial charge in [-0.2, -0.15) is 0 Å². The molecule has 5 nitrogen and oxygen atoms in total. The molecule has 4 unspecified atom stereocenters. The van der Waals surface area contributed by atoms with E-state index in [4.69, 9.17) is 10.5 Å². The number of hydrogen-bond donors (Lipinski definition) is 2. The summed E-state index contributed by atoms with van der Waals surface area (Å²) in [7, 11) is 0. The molecule has 1 amide bonds. The first-order chi connectivity index (χ1) is 9.58. The molecule has 0 aromatic rings. The number of amides is 1. The average Bonchev–Trinajstić information content (AvgIpc) is 2.47. The Bertz CT molecular complexity index is 328. The van der Waals surface area contributed by atoms with Crippen molar-refractivity contribution in [1.82, 2.24) is 10.2 Å². The third-order valence-electron chi connectivity index (χ3n) is 4.80. The molecule has 1 saturated heterocycles. The summed E-state index contributed by atoms with van der Waals surface area (Å²) in [6.07, 6.45) is 3.96. The van der Waals surface area contributed by atoms with Crippen molar-refractivity contribution in [2.45, 2.75) is 57.7 Å². The van der Waals surface area contributed by atoms with E-state index in [0.717, 1.165) is 52.0 Å². The Labute approximate surface area is 146 Å². The molecule has 1 aliphatic carbocycles. The molecule has 2 aliphatic rings. The predicted molar refractivity (Wildman–Crippen MR) is 93.9 cm³/mol. The van der Waals surface area contributed by atoms with Crippen LogP contribution in [-0.4, -0.2) is 55.2 Å². The molecule has 1 aliphatic heterocycles. The largest absolute Gasteiger partial charge is 0.379 e. The molecule has 0 aromatic heterocycles. The van der Waals surface area contributed by atoms with Crippen LogP contribution < -0.4 is 11.1 Å². The number of hydrogen-bond acceptors (Lipinski definition) is 4. The maximum atomic E-state index is 12.3. The smallest absolute Gasteiger partial charge is 0.223 e. The minimum atomic E-state index is 0. The first-order valence-corrected chi connectivity index (χ1v) is 7.95. The molecule has 0 spiro atoms. The summed E-state index contributed by atoms with van der Waals surface area (Å²) >= 11 is 0. The second kappa shape index (κ2) is 10.7. The van der Waals surface area contributed by atoms with Gasteiger partial charge in [0.2, 0.25) is 5.91 Å². The molecular formula is C15H31Cl2N3O2. The van der Waals surface area contributed by atoms with Crippen LogP contribution in [0.25, 0.3) is 0 Å². The highest BCUT2D eigenvalue weighted by molar-refractivity contribution is 5.85. The summed E-state index contributed by atoms with van der Waals surface area (Å²) in [6, 6.07) is 0.713. The highest BCUT2D eigenvalue weighted by Crippen LogP contribution is 2.23. The number of nitrogens with one attached hydrogen (secondary N) is 1. The molecule has 0 aromatic carbocycles. The fourth-order valence-corrected chi connectivity index (χ4v) is 3.23. The van der Waals surface area contributed by atoms with Crippen LogP contribution in [0.2, 0.25) is 0 Å². The van der Waals surface area contributed by atoms with Gasteiger partial charge < -0.3 is 15.8 Å². The zero-order valence-electron chi connectivity index (χ0n) is 13.6. The van der Waals surface area contributed by atoms with Gasteiger partial charge in [-0.3, -0.25) is 9.69 Å². The number of halogens is 2. The minimum absolute atomic E-state index is 0. The standard InChI is InChI=1S/C15H29N3O2.2ClH/c1-11(12(2)18-6-8-20-9-7-18)17-15(19)13-4-3-5-14(16)10-13;;/h11-14H,3-10,16H2,1-2H3,(H,17,19);2*1H. The number of nitrogens with zero attached hydrogens (tertiary/aromatic N) is 1. The average molecular weight is 356 g/mol. The SMILES string of the molecule is CC(NC(=O)C1CCCC(N)C1)C(C)N1CCOCC1.Cl.Cl. The molecule has 7 heteroatoms. The van der Waals surface area contributed by atoms with Crippen LogP contribution in [0.4, 0.5) is 0 Å². The van der Waals surface area contributed by atoms with Crippen molar-refractivity contribution in [3.05, 3.63) is 0 Å². The molecule has 132 valence electrons. The third-order valence-corrected chi connectivity index (χ3v) is 4.80. The van der Waals surface area contributed by atoms with E-state index in [1.165, 1.54) is 0 Å². The minimum Gasteiger partial charge on any atom is -0.379 e. The number of carbonyl (C=O) groups excluding carboxylic acids is 1.